The van der Waals surface area contributed by atoms with Gasteiger partial charge in [-0.05, 0) is 18.4 Å². The van der Waals surface area contributed by atoms with E-state index in [0.717, 1.165) is 18.7 Å². The summed E-state index contributed by atoms with van der Waals surface area (Å²) in [6.45, 7) is 0.724. The molecule has 18 heavy (non-hydrogen) atoms. The van der Waals surface area contributed by atoms with Crippen LogP contribution < -0.4 is 10.2 Å². The number of hydrogen-bond donors (Lipinski definition) is 1. The minimum absolute atomic E-state index is 0.0688. The quantitative estimate of drug-likeness (QED) is 0.458. The number of nitrogens with one attached hydrogen (secondary N) is 1. The molecule has 1 heterocycles. The summed E-state index contributed by atoms with van der Waals surface area (Å²) in [5.74, 6) is 1.75. The first kappa shape index (κ1) is 14.5. The summed E-state index contributed by atoms with van der Waals surface area (Å²) in [6, 6.07) is 0. The molecule has 100 valence electrons. The Kier molecular flexibility index (Phi) is 5.63. The van der Waals surface area contributed by atoms with Crippen LogP contribution in [0.15, 0.2) is 6.20 Å². The number of aromatic nitrogens is 2. The minimum atomic E-state index is -0.458. The molecule has 0 aliphatic carbocycles. The van der Waals surface area contributed by atoms with Gasteiger partial charge >= 0.3 is 5.69 Å². The van der Waals surface area contributed by atoms with E-state index in [1.54, 1.807) is 30.8 Å². The van der Waals surface area contributed by atoms with Crippen LogP contribution in [-0.4, -0.2) is 47.5 Å². The molecular weight excluding hydrogens is 254 g/mol. The fraction of sp³-hybridized carbons (Fsp3) is 0.600. The van der Waals surface area contributed by atoms with Crippen LogP contribution in [0.25, 0.3) is 0 Å². The first-order valence-corrected chi connectivity index (χ1v) is 6.88. The van der Waals surface area contributed by atoms with Crippen LogP contribution in [0.5, 0.6) is 0 Å². The van der Waals surface area contributed by atoms with Gasteiger partial charge in [-0.2, -0.15) is 16.7 Å². The maximum atomic E-state index is 10.9. The van der Waals surface area contributed by atoms with E-state index in [0.29, 0.717) is 11.8 Å². The van der Waals surface area contributed by atoms with Crippen LogP contribution in [0.3, 0.4) is 0 Å². The van der Waals surface area contributed by atoms with Gasteiger partial charge in [-0.3, -0.25) is 10.1 Å². The SMILES string of the molecule is CNc1ncc([N+](=O)[O-])c(N(C)CCCSC)n1. The second kappa shape index (κ2) is 7.00. The van der Waals surface area contributed by atoms with Crippen molar-refractivity contribution in [3.05, 3.63) is 16.3 Å². The predicted octanol–water partition coefficient (Wildman–Crippen LogP) is 1.62. The van der Waals surface area contributed by atoms with Crippen molar-refractivity contribution in [2.45, 2.75) is 6.42 Å². The fourth-order valence-corrected chi connectivity index (χ4v) is 1.87. The van der Waals surface area contributed by atoms with Crippen LogP contribution >= 0.6 is 11.8 Å². The van der Waals surface area contributed by atoms with Crippen LogP contribution in [-0.2, 0) is 0 Å². The second-order valence-electron chi connectivity index (χ2n) is 3.68. The van der Waals surface area contributed by atoms with Crippen molar-refractivity contribution in [3.63, 3.8) is 0 Å². The molecule has 1 N–H and O–H groups in total. The van der Waals surface area contributed by atoms with Crippen molar-refractivity contribution in [2.75, 3.05) is 42.9 Å². The van der Waals surface area contributed by atoms with Gasteiger partial charge < -0.3 is 10.2 Å². The molecule has 0 saturated carbocycles. The van der Waals surface area contributed by atoms with Gasteiger partial charge in [-0.1, -0.05) is 0 Å². The van der Waals surface area contributed by atoms with Gasteiger partial charge in [0.25, 0.3) is 0 Å². The van der Waals surface area contributed by atoms with Crippen molar-refractivity contribution in [3.8, 4) is 0 Å². The van der Waals surface area contributed by atoms with E-state index < -0.39 is 4.92 Å². The Labute approximate surface area is 110 Å². The van der Waals surface area contributed by atoms with Gasteiger partial charge in [-0.15, -0.1) is 0 Å². The van der Waals surface area contributed by atoms with Crippen molar-refractivity contribution in [1.29, 1.82) is 0 Å². The average molecular weight is 271 g/mol. The Morgan fingerprint density at radius 2 is 2.33 bits per heavy atom. The summed E-state index contributed by atoms with van der Waals surface area (Å²) >= 11 is 1.75. The molecule has 0 amide bonds. The van der Waals surface area contributed by atoms with Gasteiger partial charge in [0.1, 0.15) is 6.20 Å². The third-order valence-corrected chi connectivity index (χ3v) is 3.07. The van der Waals surface area contributed by atoms with Crippen molar-refractivity contribution in [1.82, 2.24) is 9.97 Å². The summed E-state index contributed by atoms with van der Waals surface area (Å²) in [7, 11) is 3.48. The van der Waals surface area contributed by atoms with Crippen LogP contribution in [0.1, 0.15) is 6.42 Å². The molecule has 1 aromatic rings. The minimum Gasteiger partial charge on any atom is -0.357 e. The normalized spacial score (nSPS) is 10.2. The van der Waals surface area contributed by atoms with Crippen LogP contribution in [0, 0.1) is 10.1 Å². The molecule has 7 nitrogen and oxygen atoms in total. The van der Waals surface area contributed by atoms with Crippen molar-refractivity contribution in [2.24, 2.45) is 0 Å². The maximum Gasteiger partial charge on any atom is 0.329 e. The molecular formula is C10H17N5O2S. The van der Waals surface area contributed by atoms with Gasteiger partial charge in [-0.25, -0.2) is 4.98 Å². The Hall–Kier alpha value is -1.57. The van der Waals surface area contributed by atoms with Crippen LogP contribution in [0.2, 0.25) is 0 Å². The molecule has 0 aliphatic rings. The Balaban J connectivity index is 2.92. The molecule has 1 aromatic heterocycles. The molecule has 0 spiro atoms. The Morgan fingerprint density at radius 3 is 2.89 bits per heavy atom. The van der Waals surface area contributed by atoms with Gasteiger partial charge in [0.2, 0.25) is 11.8 Å². The largest absolute Gasteiger partial charge is 0.357 e. The fourth-order valence-electron chi connectivity index (χ4n) is 1.45. The summed E-state index contributed by atoms with van der Waals surface area (Å²) in [6.07, 6.45) is 4.22. The second-order valence-corrected chi connectivity index (χ2v) is 4.66. The lowest BCUT2D eigenvalue weighted by molar-refractivity contribution is -0.384. The summed E-state index contributed by atoms with van der Waals surface area (Å²) in [4.78, 5) is 20.3. The van der Waals surface area contributed by atoms with E-state index in [2.05, 4.69) is 15.3 Å². The van der Waals surface area contributed by atoms with Gasteiger partial charge in [0.05, 0.1) is 4.92 Å². The van der Waals surface area contributed by atoms with E-state index in [4.69, 9.17) is 0 Å². The zero-order chi connectivity index (χ0) is 13.5. The third-order valence-electron chi connectivity index (χ3n) is 2.37. The summed E-state index contributed by atoms with van der Waals surface area (Å²) < 4.78 is 0. The highest BCUT2D eigenvalue weighted by molar-refractivity contribution is 7.98. The summed E-state index contributed by atoms with van der Waals surface area (Å²) in [5.41, 5.74) is -0.0688. The lowest BCUT2D eigenvalue weighted by Gasteiger charge is -2.17. The molecule has 0 aliphatic heterocycles. The molecule has 0 atom stereocenters. The smallest absolute Gasteiger partial charge is 0.329 e. The number of thioether (sulfide) groups is 1. The third kappa shape index (κ3) is 3.73. The number of rotatable bonds is 7. The number of hydrogen-bond acceptors (Lipinski definition) is 7. The van der Waals surface area contributed by atoms with E-state index >= 15 is 0 Å². The Bertz CT molecular complexity index is 415. The standard InChI is InChI=1S/C10H17N5O2S/c1-11-10-12-7-8(15(16)17)9(13-10)14(2)5-4-6-18-3/h7H,4-6H2,1-3H3,(H,11,12,13). The average Bonchev–Trinajstić information content (AvgIpc) is 2.38. The lowest BCUT2D eigenvalue weighted by Crippen LogP contribution is -2.22. The topological polar surface area (TPSA) is 84.2 Å². The number of nitro groups is 1. The van der Waals surface area contributed by atoms with E-state index in [1.165, 1.54) is 6.20 Å². The molecule has 8 heteroatoms. The molecule has 0 saturated heterocycles. The van der Waals surface area contributed by atoms with E-state index in [-0.39, 0.29) is 5.69 Å². The highest BCUT2D eigenvalue weighted by Gasteiger charge is 2.20. The van der Waals surface area contributed by atoms with E-state index in [9.17, 15) is 10.1 Å². The molecule has 0 fully saturated rings. The highest BCUT2D eigenvalue weighted by Crippen LogP contribution is 2.25. The predicted molar refractivity (Wildman–Crippen MR) is 74.5 cm³/mol. The summed E-state index contributed by atoms with van der Waals surface area (Å²) in [5, 5.41) is 13.7. The molecule has 1 rings (SSSR count). The highest BCUT2D eigenvalue weighted by atomic mass is 32.2. The van der Waals surface area contributed by atoms with Crippen LogP contribution in [0.4, 0.5) is 17.5 Å². The van der Waals surface area contributed by atoms with E-state index in [1.807, 2.05) is 6.26 Å². The van der Waals surface area contributed by atoms with Crippen molar-refractivity contribution < 1.29 is 4.92 Å². The van der Waals surface area contributed by atoms with Crippen molar-refractivity contribution >= 4 is 29.2 Å². The number of anilines is 2. The van der Waals surface area contributed by atoms with Gasteiger partial charge in [0.15, 0.2) is 0 Å². The lowest BCUT2D eigenvalue weighted by atomic mass is 10.4. The zero-order valence-electron chi connectivity index (χ0n) is 10.7. The molecule has 0 radical (unpaired) electrons. The van der Waals surface area contributed by atoms with Gasteiger partial charge in [0, 0.05) is 20.6 Å². The molecule has 0 unspecified atom stereocenters. The number of nitrogens with zero attached hydrogens (tertiary/aromatic N) is 4. The first-order chi connectivity index (χ1) is 8.60. The molecule has 0 aromatic carbocycles. The Morgan fingerprint density at radius 1 is 1.61 bits per heavy atom. The monoisotopic (exact) mass is 271 g/mol. The first-order valence-electron chi connectivity index (χ1n) is 5.49. The zero-order valence-corrected chi connectivity index (χ0v) is 11.5. The molecule has 0 bridgehead atoms. The maximum absolute atomic E-state index is 10.9.